The van der Waals surface area contributed by atoms with Gasteiger partial charge in [-0.1, -0.05) is 43.7 Å². The molecule has 1 aliphatic rings. The van der Waals surface area contributed by atoms with Crippen LogP contribution in [0.4, 0.5) is 4.79 Å². The van der Waals surface area contributed by atoms with Crippen molar-refractivity contribution in [1.82, 2.24) is 4.90 Å². The molecule has 0 aliphatic carbocycles. The lowest BCUT2D eigenvalue weighted by Gasteiger charge is -2.38. The molecular formula is C17H23NO3. The molecule has 1 aromatic rings. The van der Waals surface area contributed by atoms with Crippen molar-refractivity contribution in [2.45, 2.75) is 57.7 Å². The number of amides is 1. The van der Waals surface area contributed by atoms with Crippen LogP contribution < -0.4 is 0 Å². The van der Waals surface area contributed by atoms with Gasteiger partial charge in [0.15, 0.2) is 0 Å². The number of likely N-dealkylation sites (tertiary alicyclic amines) is 1. The SMILES string of the molecule is CCC[C@H]1CCC[C@@H](C=O)N1C(=O)OCc1ccccc1. The molecule has 0 radical (unpaired) electrons. The number of nitrogens with zero attached hydrogens (tertiary/aromatic N) is 1. The molecule has 1 fully saturated rings. The number of hydrogen-bond acceptors (Lipinski definition) is 3. The number of benzene rings is 1. The number of rotatable bonds is 5. The minimum absolute atomic E-state index is 0.127. The summed E-state index contributed by atoms with van der Waals surface area (Å²) in [6.07, 6.45) is 5.13. The highest BCUT2D eigenvalue weighted by Crippen LogP contribution is 2.26. The lowest BCUT2D eigenvalue weighted by molar-refractivity contribution is -0.114. The van der Waals surface area contributed by atoms with Crippen LogP contribution in [0, 0.1) is 0 Å². The van der Waals surface area contributed by atoms with E-state index in [0.29, 0.717) is 0 Å². The van der Waals surface area contributed by atoms with Crippen molar-refractivity contribution in [3.8, 4) is 0 Å². The summed E-state index contributed by atoms with van der Waals surface area (Å²) in [5, 5.41) is 0. The number of hydrogen-bond donors (Lipinski definition) is 0. The van der Waals surface area contributed by atoms with Crippen molar-refractivity contribution in [1.29, 1.82) is 0 Å². The van der Waals surface area contributed by atoms with Gasteiger partial charge in [0.25, 0.3) is 0 Å². The quantitative estimate of drug-likeness (QED) is 0.779. The summed E-state index contributed by atoms with van der Waals surface area (Å²) in [7, 11) is 0. The van der Waals surface area contributed by atoms with Crippen molar-refractivity contribution in [3.05, 3.63) is 35.9 Å². The highest BCUT2D eigenvalue weighted by atomic mass is 16.6. The van der Waals surface area contributed by atoms with Crippen LogP contribution in [0.15, 0.2) is 30.3 Å². The molecule has 1 heterocycles. The van der Waals surface area contributed by atoms with Crippen molar-refractivity contribution in [2.75, 3.05) is 0 Å². The Morgan fingerprint density at radius 3 is 2.76 bits per heavy atom. The standard InChI is InChI=1S/C17H23NO3/c1-2-7-15-10-6-11-16(12-19)18(15)17(20)21-13-14-8-4-3-5-9-14/h3-5,8-9,12,15-16H,2,6-7,10-11,13H2,1H3/t15-,16-/m0/s1. The maximum atomic E-state index is 12.4. The van der Waals surface area contributed by atoms with E-state index in [1.807, 2.05) is 30.3 Å². The fourth-order valence-electron chi connectivity index (χ4n) is 2.94. The smallest absolute Gasteiger partial charge is 0.410 e. The van der Waals surface area contributed by atoms with Crippen molar-refractivity contribution in [3.63, 3.8) is 0 Å². The molecule has 1 saturated heterocycles. The highest BCUT2D eigenvalue weighted by Gasteiger charge is 2.34. The number of piperidine rings is 1. The van der Waals surface area contributed by atoms with Gasteiger partial charge in [-0.3, -0.25) is 4.90 Å². The second-order valence-corrected chi connectivity index (χ2v) is 5.52. The molecule has 0 saturated carbocycles. The van der Waals surface area contributed by atoms with E-state index in [0.717, 1.165) is 44.0 Å². The summed E-state index contributed by atoms with van der Waals surface area (Å²) >= 11 is 0. The molecule has 2 rings (SSSR count). The third-order valence-electron chi connectivity index (χ3n) is 3.98. The van der Waals surface area contributed by atoms with Gasteiger partial charge < -0.3 is 9.53 Å². The zero-order chi connectivity index (χ0) is 15.1. The van der Waals surface area contributed by atoms with Gasteiger partial charge in [-0.05, 0) is 31.2 Å². The van der Waals surface area contributed by atoms with Crippen LogP contribution in [0.2, 0.25) is 0 Å². The fourth-order valence-corrected chi connectivity index (χ4v) is 2.94. The normalized spacial score (nSPS) is 21.9. The van der Waals surface area contributed by atoms with E-state index in [4.69, 9.17) is 4.74 Å². The molecule has 0 unspecified atom stereocenters. The summed E-state index contributed by atoms with van der Waals surface area (Å²) < 4.78 is 5.40. The number of ether oxygens (including phenoxy) is 1. The minimum atomic E-state index is -0.367. The Morgan fingerprint density at radius 1 is 1.33 bits per heavy atom. The monoisotopic (exact) mass is 289 g/mol. The van der Waals surface area contributed by atoms with Gasteiger partial charge >= 0.3 is 6.09 Å². The molecule has 4 nitrogen and oxygen atoms in total. The van der Waals surface area contributed by atoms with E-state index in [9.17, 15) is 9.59 Å². The first-order chi connectivity index (χ1) is 10.3. The van der Waals surface area contributed by atoms with Gasteiger partial charge in [0.05, 0.1) is 6.04 Å². The summed E-state index contributed by atoms with van der Waals surface area (Å²) in [5.41, 5.74) is 0.956. The Labute approximate surface area is 126 Å². The summed E-state index contributed by atoms with van der Waals surface area (Å²) in [4.78, 5) is 25.3. The molecule has 4 heteroatoms. The van der Waals surface area contributed by atoms with Gasteiger partial charge in [-0.2, -0.15) is 0 Å². The van der Waals surface area contributed by atoms with E-state index in [2.05, 4.69) is 6.92 Å². The van der Waals surface area contributed by atoms with Crippen molar-refractivity contribution >= 4 is 12.4 Å². The Hall–Kier alpha value is -1.84. The lowest BCUT2D eigenvalue weighted by atomic mass is 9.94. The topological polar surface area (TPSA) is 46.6 Å². The predicted octanol–water partition coefficient (Wildman–Crippen LogP) is 3.55. The van der Waals surface area contributed by atoms with Gasteiger partial charge in [0, 0.05) is 6.04 Å². The molecule has 0 N–H and O–H groups in total. The Kier molecular flexibility index (Phi) is 5.78. The molecule has 2 atom stereocenters. The third-order valence-corrected chi connectivity index (χ3v) is 3.98. The van der Waals surface area contributed by atoms with Crippen LogP contribution in [-0.2, 0) is 16.1 Å². The lowest BCUT2D eigenvalue weighted by Crippen LogP contribution is -2.50. The number of carbonyl (C=O) groups excluding carboxylic acids is 2. The average Bonchev–Trinajstić information content (AvgIpc) is 2.53. The molecule has 1 aliphatic heterocycles. The average molecular weight is 289 g/mol. The van der Waals surface area contributed by atoms with Gasteiger partial charge in [-0.25, -0.2) is 4.79 Å². The summed E-state index contributed by atoms with van der Waals surface area (Å²) in [6, 6.07) is 9.39. The van der Waals surface area contributed by atoms with E-state index in [1.54, 1.807) is 4.90 Å². The largest absolute Gasteiger partial charge is 0.445 e. The first-order valence-corrected chi connectivity index (χ1v) is 7.70. The van der Waals surface area contributed by atoms with E-state index >= 15 is 0 Å². The van der Waals surface area contributed by atoms with Crippen LogP contribution in [-0.4, -0.2) is 29.4 Å². The Balaban J connectivity index is 2.00. The van der Waals surface area contributed by atoms with Crippen molar-refractivity contribution < 1.29 is 14.3 Å². The van der Waals surface area contributed by atoms with Crippen LogP contribution >= 0.6 is 0 Å². The van der Waals surface area contributed by atoms with Crippen LogP contribution in [0.5, 0.6) is 0 Å². The Morgan fingerprint density at radius 2 is 2.10 bits per heavy atom. The van der Waals surface area contributed by atoms with Crippen LogP contribution in [0.1, 0.15) is 44.6 Å². The molecule has 114 valence electrons. The summed E-state index contributed by atoms with van der Waals surface area (Å²) in [6.45, 7) is 2.35. The first kappa shape index (κ1) is 15.5. The summed E-state index contributed by atoms with van der Waals surface area (Å²) in [5.74, 6) is 0. The molecule has 0 aromatic heterocycles. The number of aldehydes is 1. The molecule has 0 bridgehead atoms. The zero-order valence-corrected chi connectivity index (χ0v) is 12.5. The minimum Gasteiger partial charge on any atom is -0.445 e. The second kappa shape index (κ2) is 7.81. The molecule has 1 aromatic carbocycles. The van der Waals surface area contributed by atoms with Gasteiger partial charge in [-0.15, -0.1) is 0 Å². The molecule has 0 spiro atoms. The van der Waals surface area contributed by atoms with Crippen LogP contribution in [0.25, 0.3) is 0 Å². The van der Waals surface area contributed by atoms with Crippen LogP contribution in [0.3, 0.4) is 0 Å². The fraction of sp³-hybridized carbons (Fsp3) is 0.529. The predicted molar refractivity (Wildman–Crippen MR) is 80.9 cm³/mol. The first-order valence-electron chi connectivity index (χ1n) is 7.70. The zero-order valence-electron chi connectivity index (χ0n) is 12.5. The van der Waals surface area contributed by atoms with Crippen molar-refractivity contribution in [2.24, 2.45) is 0 Å². The Bertz CT molecular complexity index is 458. The maximum absolute atomic E-state index is 12.4. The number of carbonyl (C=O) groups is 2. The molecule has 21 heavy (non-hydrogen) atoms. The van der Waals surface area contributed by atoms with Gasteiger partial charge in [0.1, 0.15) is 12.9 Å². The van der Waals surface area contributed by atoms with Gasteiger partial charge in [0.2, 0.25) is 0 Å². The van der Waals surface area contributed by atoms with E-state index in [-0.39, 0.29) is 24.8 Å². The molecular weight excluding hydrogens is 266 g/mol. The highest BCUT2D eigenvalue weighted by molar-refractivity contribution is 5.74. The van der Waals surface area contributed by atoms with E-state index < -0.39 is 0 Å². The second-order valence-electron chi connectivity index (χ2n) is 5.52. The van der Waals surface area contributed by atoms with E-state index in [1.165, 1.54) is 0 Å². The third kappa shape index (κ3) is 4.06. The maximum Gasteiger partial charge on any atom is 0.410 e. The molecule has 1 amide bonds.